The average Bonchev–Trinajstić information content (AvgIpc) is 3.15. The van der Waals surface area contributed by atoms with E-state index in [9.17, 15) is 13.2 Å². The molecule has 152 valence electrons. The Morgan fingerprint density at radius 2 is 1.79 bits per heavy atom. The van der Waals surface area contributed by atoms with E-state index in [0.717, 1.165) is 18.5 Å². The predicted octanol–water partition coefficient (Wildman–Crippen LogP) is 3.32. The van der Waals surface area contributed by atoms with E-state index in [-0.39, 0.29) is 10.8 Å². The molecule has 1 fully saturated rings. The summed E-state index contributed by atoms with van der Waals surface area (Å²) in [4.78, 5) is 17.1. The molecule has 0 atom stereocenters. The lowest BCUT2D eigenvalue weighted by Gasteiger charge is -2.29. The second kappa shape index (κ2) is 7.61. The van der Waals surface area contributed by atoms with E-state index in [0.29, 0.717) is 36.0 Å². The van der Waals surface area contributed by atoms with Crippen molar-refractivity contribution in [3.8, 4) is 0 Å². The van der Waals surface area contributed by atoms with E-state index >= 15 is 0 Å². The van der Waals surface area contributed by atoms with Crippen molar-refractivity contribution < 1.29 is 13.2 Å². The Morgan fingerprint density at radius 3 is 2.45 bits per heavy atom. The number of rotatable bonds is 4. The molecule has 0 bridgehead atoms. The van der Waals surface area contributed by atoms with Crippen LogP contribution in [-0.2, 0) is 10.0 Å². The molecule has 0 saturated carbocycles. The van der Waals surface area contributed by atoms with Crippen LogP contribution in [0.1, 0.15) is 35.9 Å². The summed E-state index contributed by atoms with van der Waals surface area (Å²) in [7, 11) is -3.50. The first kappa shape index (κ1) is 19.6. The highest BCUT2D eigenvalue weighted by atomic mass is 32.2. The highest BCUT2D eigenvalue weighted by molar-refractivity contribution is 7.89. The fourth-order valence-electron chi connectivity index (χ4n) is 3.54. The third-order valence-corrected chi connectivity index (χ3v) is 7.33. The second-order valence-electron chi connectivity index (χ2n) is 7.59. The third kappa shape index (κ3) is 3.90. The number of benzene rings is 1. The molecule has 0 radical (unpaired) electrons. The number of nitrogens with one attached hydrogen (secondary N) is 1. The summed E-state index contributed by atoms with van der Waals surface area (Å²) >= 11 is 0. The Labute approximate surface area is 170 Å². The molecule has 1 amide bonds. The van der Waals surface area contributed by atoms with Gasteiger partial charge in [-0.1, -0.05) is 13.0 Å². The summed E-state index contributed by atoms with van der Waals surface area (Å²) in [5, 5.41) is 2.78. The van der Waals surface area contributed by atoms with Crippen molar-refractivity contribution in [3.63, 3.8) is 0 Å². The maximum atomic E-state index is 12.8. The molecular formula is C21H24N4O3S. The van der Waals surface area contributed by atoms with Crippen LogP contribution in [0.2, 0.25) is 0 Å². The van der Waals surface area contributed by atoms with Crippen molar-refractivity contribution in [1.82, 2.24) is 13.7 Å². The number of hydrogen-bond acceptors (Lipinski definition) is 4. The van der Waals surface area contributed by atoms with Gasteiger partial charge < -0.3 is 9.72 Å². The Hall–Kier alpha value is -2.71. The Bertz CT molecular complexity index is 1140. The third-order valence-electron chi connectivity index (χ3n) is 5.42. The number of hydrogen-bond donors (Lipinski definition) is 1. The molecule has 7 nitrogen and oxygen atoms in total. The zero-order chi connectivity index (χ0) is 20.6. The monoisotopic (exact) mass is 412 g/mol. The molecule has 1 aromatic carbocycles. The van der Waals surface area contributed by atoms with Gasteiger partial charge in [0.05, 0.1) is 4.90 Å². The number of pyridine rings is 1. The molecule has 0 unspecified atom stereocenters. The molecule has 3 heterocycles. The molecule has 8 heteroatoms. The van der Waals surface area contributed by atoms with Crippen molar-refractivity contribution in [1.29, 1.82) is 0 Å². The van der Waals surface area contributed by atoms with Crippen LogP contribution in [0.15, 0.2) is 53.6 Å². The Morgan fingerprint density at radius 1 is 1.10 bits per heavy atom. The number of aromatic nitrogens is 2. The molecule has 29 heavy (non-hydrogen) atoms. The van der Waals surface area contributed by atoms with Crippen molar-refractivity contribution in [2.45, 2.75) is 31.6 Å². The summed E-state index contributed by atoms with van der Waals surface area (Å²) in [5.74, 6) is 0.219. The van der Waals surface area contributed by atoms with Gasteiger partial charge in [-0.25, -0.2) is 13.4 Å². The number of anilines is 1. The molecule has 1 aliphatic rings. The zero-order valence-corrected chi connectivity index (χ0v) is 17.3. The van der Waals surface area contributed by atoms with Crippen molar-refractivity contribution in [3.05, 3.63) is 60.0 Å². The number of aryl methyl sites for hydroxylation is 1. The molecule has 1 N–H and O–H groups in total. The van der Waals surface area contributed by atoms with Crippen LogP contribution in [0.5, 0.6) is 0 Å². The van der Waals surface area contributed by atoms with Gasteiger partial charge in [0.2, 0.25) is 10.0 Å². The molecule has 4 rings (SSSR count). The molecule has 2 aromatic heterocycles. The lowest BCUT2D eigenvalue weighted by atomic mass is 10.0. The average molecular weight is 413 g/mol. The standard InChI is InChI=1S/C21H24N4O3S/c1-15-10-12-24(13-11-15)29(27,28)18-8-6-17(7-9-18)22-21(26)19-14-25-16(2)4-3-5-20(25)23-19/h3-9,14-15H,10-13H2,1-2H3,(H,22,26). The molecule has 1 saturated heterocycles. The zero-order valence-electron chi connectivity index (χ0n) is 16.5. The van der Waals surface area contributed by atoms with E-state index in [1.165, 1.54) is 12.1 Å². The van der Waals surface area contributed by atoms with Crippen LogP contribution in [0.25, 0.3) is 5.65 Å². The smallest absolute Gasteiger partial charge is 0.275 e. The SMILES string of the molecule is Cc1cccc2nc(C(=O)Nc3ccc(S(=O)(=O)N4CCC(C)CC4)cc3)cn12. The van der Waals surface area contributed by atoms with Gasteiger partial charge >= 0.3 is 0 Å². The van der Waals surface area contributed by atoms with Gasteiger partial charge in [0.1, 0.15) is 11.3 Å². The number of sulfonamides is 1. The van der Waals surface area contributed by atoms with E-state index in [2.05, 4.69) is 17.2 Å². The topological polar surface area (TPSA) is 83.8 Å². The summed E-state index contributed by atoms with van der Waals surface area (Å²) in [6.07, 6.45) is 3.45. The molecule has 1 aliphatic heterocycles. The summed E-state index contributed by atoms with van der Waals surface area (Å²) < 4.78 is 29.0. The maximum absolute atomic E-state index is 12.8. The first-order valence-electron chi connectivity index (χ1n) is 9.71. The van der Waals surface area contributed by atoms with Crippen LogP contribution < -0.4 is 5.32 Å². The minimum absolute atomic E-state index is 0.244. The number of imidazole rings is 1. The highest BCUT2D eigenvalue weighted by Gasteiger charge is 2.28. The number of amides is 1. The number of carbonyl (C=O) groups is 1. The van der Waals surface area contributed by atoms with Gasteiger partial charge in [0, 0.05) is 30.7 Å². The molecular weight excluding hydrogens is 388 g/mol. The van der Waals surface area contributed by atoms with Crippen molar-refractivity contribution in [2.75, 3.05) is 18.4 Å². The number of piperidine rings is 1. The minimum atomic E-state index is -3.50. The summed E-state index contributed by atoms with van der Waals surface area (Å²) in [5.41, 5.74) is 2.51. The van der Waals surface area contributed by atoms with Crippen LogP contribution in [0.4, 0.5) is 5.69 Å². The lowest BCUT2D eigenvalue weighted by Crippen LogP contribution is -2.37. The first-order valence-corrected chi connectivity index (χ1v) is 11.1. The Kier molecular flexibility index (Phi) is 5.14. The minimum Gasteiger partial charge on any atom is -0.321 e. The van der Waals surface area contributed by atoms with E-state index in [4.69, 9.17) is 0 Å². The lowest BCUT2D eigenvalue weighted by molar-refractivity contribution is 0.102. The van der Waals surface area contributed by atoms with Gasteiger partial charge in [-0.05, 0) is 62.1 Å². The van der Waals surface area contributed by atoms with Gasteiger partial charge in [-0.2, -0.15) is 4.31 Å². The highest BCUT2D eigenvalue weighted by Crippen LogP contribution is 2.24. The largest absolute Gasteiger partial charge is 0.321 e. The van der Waals surface area contributed by atoms with Crippen LogP contribution in [0, 0.1) is 12.8 Å². The summed E-state index contributed by atoms with van der Waals surface area (Å²) in [6, 6.07) is 12.0. The van der Waals surface area contributed by atoms with Crippen molar-refractivity contribution >= 4 is 27.3 Å². The van der Waals surface area contributed by atoms with Crippen molar-refractivity contribution in [2.24, 2.45) is 5.92 Å². The van der Waals surface area contributed by atoms with E-state index < -0.39 is 10.0 Å². The molecule has 0 spiro atoms. The van der Waals surface area contributed by atoms with E-state index in [1.807, 2.05) is 29.5 Å². The summed E-state index contributed by atoms with van der Waals surface area (Å²) in [6.45, 7) is 5.19. The normalized spacial score (nSPS) is 16.2. The predicted molar refractivity (Wildman–Crippen MR) is 111 cm³/mol. The van der Waals surface area contributed by atoms with E-state index in [1.54, 1.807) is 22.6 Å². The van der Waals surface area contributed by atoms with Crippen LogP contribution >= 0.6 is 0 Å². The number of fused-ring (bicyclic) bond motifs is 1. The van der Waals surface area contributed by atoms with Gasteiger partial charge in [-0.15, -0.1) is 0 Å². The number of carbonyl (C=O) groups excluding carboxylic acids is 1. The van der Waals surface area contributed by atoms with Crippen LogP contribution in [-0.4, -0.2) is 41.1 Å². The quantitative estimate of drug-likeness (QED) is 0.713. The number of nitrogens with zero attached hydrogens (tertiary/aromatic N) is 3. The van der Waals surface area contributed by atoms with Crippen LogP contribution in [0.3, 0.4) is 0 Å². The van der Waals surface area contributed by atoms with Gasteiger partial charge in [-0.3, -0.25) is 4.79 Å². The van der Waals surface area contributed by atoms with Gasteiger partial charge in [0.25, 0.3) is 5.91 Å². The molecule has 3 aromatic rings. The molecule has 0 aliphatic carbocycles. The Balaban J connectivity index is 1.49. The fraction of sp³-hybridized carbons (Fsp3) is 0.333. The maximum Gasteiger partial charge on any atom is 0.275 e. The van der Waals surface area contributed by atoms with Gasteiger partial charge in [0.15, 0.2) is 0 Å². The second-order valence-corrected chi connectivity index (χ2v) is 9.52. The fourth-order valence-corrected chi connectivity index (χ4v) is 5.01. The first-order chi connectivity index (χ1) is 13.8.